The van der Waals surface area contributed by atoms with Gasteiger partial charge < -0.3 is 13.7 Å². The predicted molar refractivity (Wildman–Crippen MR) is 221 cm³/mol. The first-order valence-electron chi connectivity index (χ1n) is 17.9. The molecule has 8 aromatic carbocycles. The van der Waals surface area contributed by atoms with E-state index in [2.05, 4.69) is 170 Å². The summed E-state index contributed by atoms with van der Waals surface area (Å²) in [7, 11) is -2.07. The standard InChI is InChI=1S/C48H33NO2Si/c1-52(2)45-26-25-43-47(39-12-6-8-14-42(39)50-43)48(45)40-24-22-36(29-46(40)52)49(35-21-23-38-37-11-5-7-13-41(37)51-44(38)28-35)34-19-17-31(18-20-34)33-16-15-30-9-3-4-10-32(30)27-33/h3-29H,1-2H3. The molecule has 0 fully saturated rings. The molecule has 0 amide bonds. The summed E-state index contributed by atoms with van der Waals surface area (Å²) in [5, 5.41) is 10.1. The van der Waals surface area contributed by atoms with Crippen molar-refractivity contribution >= 4 is 90.2 Å². The molecule has 0 aliphatic carbocycles. The molecule has 10 aromatic rings. The minimum atomic E-state index is -2.07. The SMILES string of the molecule is C[Si]1(C)c2cc(N(c3ccc(-c4ccc5ccccc5c4)cc3)c3ccc4c(c3)oc3ccccc34)ccc2-c2c1ccc1oc3ccccc3c21. The van der Waals surface area contributed by atoms with E-state index in [9.17, 15) is 0 Å². The van der Waals surface area contributed by atoms with Crippen LogP contribution in [-0.4, -0.2) is 8.07 Å². The van der Waals surface area contributed by atoms with Crippen LogP contribution in [0.2, 0.25) is 13.1 Å². The average Bonchev–Trinajstić information content (AvgIpc) is 3.82. The Hall–Kier alpha value is -6.36. The van der Waals surface area contributed by atoms with Gasteiger partial charge in [-0.2, -0.15) is 0 Å². The Morgan fingerprint density at radius 1 is 0.423 bits per heavy atom. The molecule has 246 valence electrons. The zero-order valence-electron chi connectivity index (χ0n) is 28.9. The molecule has 0 radical (unpaired) electrons. The molecule has 1 aliphatic heterocycles. The molecule has 3 nitrogen and oxygen atoms in total. The second-order valence-corrected chi connectivity index (χ2v) is 18.9. The molecule has 0 saturated carbocycles. The van der Waals surface area contributed by atoms with Gasteiger partial charge in [0.1, 0.15) is 30.4 Å². The first kappa shape index (κ1) is 29.4. The summed E-state index contributed by atoms with van der Waals surface area (Å²) in [5.41, 5.74) is 12.0. The van der Waals surface area contributed by atoms with E-state index in [1.54, 1.807) is 0 Å². The Balaban J connectivity index is 1.09. The van der Waals surface area contributed by atoms with Crippen LogP contribution < -0.4 is 15.3 Å². The number of anilines is 3. The van der Waals surface area contributed by atoms with E-state index in [1.807, 2.05) is 12.1 Å². The third-order valence-corrected chi connectivity index (χ3v) is 14.8. The van der Waals surface area contributed by atoms with Crippen LogP contribution in [0.5, 0.6) is 0 Å². The van der Waals surface area contributed by atoms with Crippen molar-refractivity contribution in [2.24, 2.45) is 0 Å². The minimum Gasteiger partial charge on any atom is -0.456 e. The summed E-state index contributed by atoms with van der Waals surface area (Å²) in [5.74, 6) is 0. The van der Waals surface area contributed by atoms with E-state index in [4.69, 9.17) is 8.83 Å². The maximum atomic E-state index is 6.42. The summed E-state index contributed by atoms with van der Waals surface area (Å²) >= 11 is 0. The lowest BCUT2D eigenvalue weighted by Gasteiger charge is -2.27. The van der Waals surface area contributed by atoms with Gasteiger partial charge in [-0.05, 0) is 104 Å². The van der Waals surface area contributed by atoms with Crippen molar-refractivity contribution < 1.29 is 8.83 Å². The van der Waals surface area contributed by atoms with Crippen LogP contribution in [0.25, 0.3) is 76.9 Å². The van der Waals surface area contributed by atoms with E-state index in [0.29, 0.717) is 0 Å². The third kappa shape index (κ3) is 4.25. The lowest BCUT2D eigenvalue weighted by molar-refractivity contribution is 0.668. The molecular weight excluding hydrogens is 651 g/mol. The molecular formula is C48H33NO2Si. The summed E-state index contributed by atoms with van der Waals surface area (Å²) < 4.78 is 12.8. The second kappa shape index (κ2) is 10.8. The molecule has 0 spiro atoms. The summed E-state index contributed by atoms with van der Waals surface area (Å²) in [4.78, 5) is 2.38. The van der Waals surface area contributed by atoms with Gasteiger partial charge >= 0.3 is 0 Å². The fourth-order valence-corrected chi connectivity index (χ4v) is 11.7. The van der Waals surface area contributed by atoms with Crippen molar-refractivity contribution in [2.75, 3.05) is 4.90 Å². The fourth-order valence-electron chi connectivity index (χ4n) is 8.64. The van der Waals surface area contributed by atoms with Crippen LogP contribution in [0.4, 0.5) is 17.1 Å². The first-order valence-corrected chi connectivity index (χ1v) is 20.9. The van der Waals surface area contributed by atoms with Gasteiger partial charge in [0.25, 0.3) is 0 Å². The van der Waals surface area contributed by atoms with E-state index in [-0.39, 0.29) is 0 Å². The van der Waals surface area contributed by atoms with Crippen LogP contribution in [0, 0.1) is 0 Å². The Bertz CT molecular complexity index is 3060. The zero-order chi connectivity index (χ0) is 34.6. The summed E-state index contributed by atoms with van der Waals surface area (Å²) in [6.07, 6.45) is 0. The summed E-state index contributed by atoms with van der Waals surface area (Å²) in [6, 6.07) is 59.2. The molecule has 11 rings (SSSR count). The molecule has 2 aromatic heterocycles. The van der Waals surface area contributed by atoms with Gasteiger partial charge in [0.05, 0.1) is 0 Å². The molecule has 0 unspecified atom stereocenters. The number of fused-ring (bicyclic) bond motifs is 11. The quantitative estimate of drug-likeness (QED) is 0.173. The molecule has 1 aliphatic rings. The smallest absolute Gasteiger partial charge is 0.137 e. The summed E-state index contributed by atoms with van der Waals surface area (Å²) in [6.45, 7) is 4.97. The number of benzene rings is 8. The van der Waals surface area contributed by atoms with Gasteiger partial charge in [-0.3, -0.25) is 0 Å². The zero-order valence-corrected chi connectivity index (χ0v) is 29.9. The number of para-hydroxylation sites is 2. The lowest BCUT2D eigenvalue weighted by Crippen LogP contribution is -2.49. The van der Waals surface area contributed by atoms with Crippen LogP contribution >= 0.6 is 0 Å². The highest BCUT2D eigenvalue weighted by atomic mass is 28.3. The van der Waals surface area contributed by atoms with Crippen molar-refractivity contribution in [3.8, 4) is 22.3 Å². The number of furan rings is 2. The van der Waals surface area contributed by atoms with Gasteiger partial charge in [-0.25, -0.2) is 0 Å². The van der Waals surface area contributed by atoms with Crippen LogP contribution in [-0.2, 0) is 0 Å². The van der Waals surface area contributed by atoms with Crippen molar-refractivity contribution in [3.05, 3.63) is 164 Å². The molecule has 0 N–H and O–H groups in total. The van der Waals surface area contributed by atoms with Gasteiger partial charge in [-0.15, -0.1) is 0 Å². The molecule has 0 bridgehead atoms. The van der Waals surface area contributed by atoms with Crippen molar-refractivity contribution in [3.63, 3.8) is 0 Å². The van der Waals surface area contributed by atoms with Crippen LogP contribution in [0.1, 0.15) is 0 Å². The highest BCUT2D eigenvalue weighted by Crippen LogP contribution is 2.43. The van der Waals surface area contributed by atoms with Gasteiger partial charge in [-0.1, -0.05) is 110 Å². The largest absolute Gasteiger partial charge is 0.456 e. The van der Waals surface area contributed by atoms with E-state index in [1.165, 1.54) is 54.2 Å². The second-order valence-electron chi connectivity index (χ2n) is 14.5. The number of nitrogens with zero attached hydrogens (tertiary/aromatic N) is 1. The van der Waals surface area contributed by atoms with Gasteiger partial charge in [0.15, 0.2) is 0 Å². The van der Waals surface area contributed by atoms with E-state index in [0.717, 1.165) is 50.2 Å². The fraction of sp³-hybridized carbons (Fsp3) is 0.0417. The number of hydrogen-bond donors (Lipinski definition) is 0. The van der Waals surface area contributed by atoms with Crippen molar-refractivity contribution in [1.29, 1.82) is 0 Å². The minimum absolute atomic E-state index is 0.883. The van der Waals surface area contributed by atoms with Gasteiger partial charge in [0, 0.05) is 44.7 Å². The van der Waals surface area contributed by atoms with Crippen molar-refractivity contribution in [2.45, 2.75) is 13.1 Å². The molecule has 3 heterocycles. The maximum absolute atomic E-state index is 6.42. The topological polar surface area (TPSA) is 29.5 Å². The number of rotatable bonds is 4. The van der Waals surface area contributed by atoms with E-state index < -0.39 is 8.07 Å². The van der Waals surface area contributed by atoms with Crippen LogP contribution in [0.15, 0.2) is 173 Å². The number of hydrogen-bond acceptors (Lipinski definition) is 3. The van der Waals surface area contributed by atoms with Crippen LogP contribution in [0.3, 0.4) is 0 Å². The molecule has 52 heavy (non-hydrogen) atoms. The first-order chi connectivity index (χ1) is 25.5. The lowest BCUT2D eigenvalue weighted by atomic mass is 9.99. The highest BCUT2D eigenvalue weighted by Gasteiger charge is 2.39. The highest BCUT2D eigenvalue weighted by molar-refractivity contribution is 7.04. The van der Waals surface area contributed by atoms with Crippen molar-refractivity contribution in [1.82, 2.24) is 0 Å². The normalized spacial score (nSPS) is 13.3. The molecule has 4 heteroatoms. The third-order valence-electron chi connectivity index (χ3n) is 11.2. The Labute approximate surface area is 302 Å². The van der Waals surface area contributed by atoms with Gasteiger partial charge in [0.2, 0.25) is 0 Å². The Kier molecular flexibility index (Phi) is 6.11. The molecule has 0 saturated heterocycles. The monoisotopic (exact) mass is 683 g/mol. The maximum Gasteiger partial charge on any atom is 0.137 e. The van der Waals surface area contributed by atoms with E-state index >= 15 is 0 Å². The Morgan fingerprint density at radius 2 is 1.06 bits per heavy atom. The molecule has 0 atom stereocenters. The predicted octanol–water partition coefficient (Wildman–Crippen LogP) is 12.6. The Morgan fingerprint density at radius 3 is 1.90 bits per heavy atom. The average molecular weight is 684 g/mol.